The predicted molar refractivity (Wildman–Crippen MR) is 92.1 cm³/mol. The van der Waals surface area contributed by atoms with Gasteiger partial charge in [-0.3, -0.25) is 9.59 Å². The number of benzene rings is 1. The normalized spacial score (nSPS) is 15.4. The molecule has 6 nitrogen and oxygen atoms in total. The lowest BCUT2D eigenvalue weighted by molar-refractivity contribution is -0.129. The number of rotatable bonds is 5. The SMILES string of the molecule is Cn1c(CNC(=O)CNC(=O)C2CCCCC2)nc2ccccc21. The van der Waals surface area contributed by atoms with Crippen molar-refractivity contribution >= 4 is 22.8 Å². The third-order valence-electron chi connectivity index (χ3n) is 4.72. The molecular formula is C18H24N4O2. The zero-order chi connectivity index (χ0) is 16.9. The van der Waals surface area contributed by atoms with Gasteiger partial charge in [-0.1, -0.05) is 31.4 Å². The second-order valence-electron chi connectivity index (χ2n) is 6.41. The van der Waals surface area contributed by atoms with Gasteiger partial charge in [-0.2, -0.15) is 0 Å². The standard InChI is InChI=1S/C18H24N4O2/c1-22-15-10-6-5-9-14(15)21-16(22)11-19-17(23)12-20-18(24)13-7-3-2-4-8-13/h5-6,9-10,13H,2-4,7-8,11-12H2,1H3,(H,19,23)(H,20,24). The van der Waals surface area contributed by atoms with Crippen molar-refractivity contribution in [2.45, 2.75) is 38.6 Å². The molecule has 0 bridgehead atoms. The average molecular weight is 328 g/mol. The molecule has 1 saturated carbocycles. The van der Waals surface area contributed by atoms with Crippen LogP contribution in [0.5, 0.6) is 0 Å². The van der Waals surface area contributed by atoms with Crippen LogP contribution in [0.4, 0.5) is 0 Å². The Bertz CT molecular complexity index is 732. The molecule has 0 unspecified atom stereocenters. The summed E-state index contributed by atoms with van der Waals surface area (Å²) in [6.45, 7) is 0.378. The summed E-state index contributed by atoms with van der Waals surface area (Å²) in [5.41, 5.74) is 1.95. The molecule has 0 saturated heterocycles. The van der Waals surface area contributed by atoms with Crippen LogP contribution in [0.15, 0.2) is 24.3 Å². The summed E-state index contributed by atoms with van der Waals surface area (Å²) in [4.78, 5) is 28.5. The van der Waals surface area contributed by atoms with Gasteiger partial charge in [0.15, 0.2) is 0 Å². The smallest absolute Gasteiger partial charge is 0.239 e. The molecule has 2 N–H and O–H groups in total. The van der Waals surface area contributed by atoms with E-state index in [0.29, 0.717) is 6.54 Å². The summed E-state index contributed by atoms with van der Waals surface area (Å²) >= 11 is 0. The van der Waals surface area contributed by atoms with Crippen molar-refractivity contribution in [3.8, 4) is 0 Å². The number of aryl methyl sites for hydroxylation is 1. The largest absolute Gasteiger partial charge is 0.347 e. The van der Waals surface area contributed by atoms with Gasteiger partial charge in [0.05, 0.1) is 24.1 Å². The Labute approximate surface area is 141 Å². The molecular weight excluding hydrogens is 304 g/mol. The number of amides is 2. The zero-order valence-electron chi connectivity index (χ0n) is 14.0. The summed E-state index contributed by atoms with van der Waals surface area (Å²) < 4.78 is 1.97. The summed E-state index contributed by atoms with van der Waals surface area (Å²) in [7, 11) is 1.93. The van der Waals surface area contributed by atoms with Crippen LogP contribution >= 0.6 is 0 Å². The van der Waals surface area contributed by atoms with E-state index in [1.165, 1.54) is 6.42 Å². The van der Waals surface area contributed by atoms with E-state index in [1.54, 1.807) is 0 Å². The molecule has 1 aromatic heterocycles. The number of hydrogen-bond donors (Lipinski definition) is 2. The number of aromatic nitrogens is 2. The Morgan fingerprint density at radius 3 is 2.67 bits per heavy atom. The maximum atomic E-state index is 12.0. The Morgan fingerprint density at radius 2 is 1.92 bits per heavy atom. The van der Waals surface area contributed by atoms with Crippen LogP contribution in [-0.2, 0) is 23.2 Å². The van der Waals surface area contributed by atoms with Gasteiger partial charge >= 0.3 is 0 Å². The summed E-state index contributed by atoms with van der Waals surface area (Å²) in [6, 6.07) is 7.86. The second-order valence-corrected chi connectivity index (χ2v) is 6.41. The number of carbonyl (C=O) groups is 2. The van der Waals surface area contributed by atoms with Crippen LogP contribution < -0.4 is 10.6 Å². The monoisotopic (exact) mass is 328 g/mol. The number of carbonyl (C=O) groups excluding carboxylic acids is 2. The highest BCUT2D eigenvalue weighted by Gasteiger charge is 2.21. The molecule has 1 heterocycles. The molecule has 1 aromatic carbocycles. The molecule has 1 fully saturated rings. The van der Waals surface area contributed by atoms with Gasteiger partial charge in [0.25, 0.3) is 0 Å². The molecule has 1 aliphatic carbocycles. The fourth-order valence-corrected chi connectivity index (χ4v) is 3.27. The summed E-state index contributed by atoms with van der Waals surface area (Å²) in [6.07, 6.45) is 5.30. The number of imidazole rings is 1. The van der Waals surface area contributed by atoms with Crippen molar-refractivity contribution in [1.29, 1.82) is 0 Å². The highest BCUT2D eigenvalue weighted by molar-refractivity contribution is 5.85. The number of hydrogen-bond acceptors (Lipinski definition) is 3. The molecule has 0 aliphatic heterocycles. The van der Waals surface area contributed by atoms with Crippen molar-refractivity contribution in [3.05, 3.63) is 30.1 Å². The second kappa shape index (κ2) is 7.47. The molecule has 3 rings (SSSR count). The Kier molecular flexibility index (Phi) is 5.13. The molecule has 2 amide bonds. The molecule has 24 heavy (non-hydrogen) atoms. The molecule has 0 spiro atoms. The van der Waals surface area contributed by atoms with Gasteiger partial charge in [-0.05, 0) is 25.0 Å². The third kappa shape index (κ3) is 3.75. The quantitative estimate of drug-likeness (QED) is 0.880. The van der Waals surface area contributed by atoms with Gasteiger partial charge in [0, 0.05) is 13.0 Å². The maximum Gasteiger partial charge on any atom is 0.239 e. The van der Waals surface area contributed by atoms with Gasteiger partial charge < -0.3 is 15.2 Å². The van der Waals surface area contributed by atoms with Gasteiger partial charge in [-0.25, -0.2) is 4.98 Å². The third-order valence-corrected chi connectivity index (χ3v) is 4.72. The van der Waals surface area contributed by atoms with E-state index in [1.807, 2.05) is 35.9 Å². The van der Waals surface area contributed by atoms with Crippen LogP contribution in [0.1, 0.15) is 37.9 Å². The fraction of sp³-hybridized carbons (Fsp3) is 0.500. The van der Waals surface area contributed by atoms with Crippen LogP contribution in [0, 0.1) is 5.92 Å². The van der Waals surface area contributed by atoms with Crippen molar-refractivity contribution in [2.24, 2.45) is 13.0 Å². The van der Waals surface area contributed by atoms with Gasteiger partial charge in [0.1, 0.15) is 5.82 Å². The molecule has 2 aromatic rings. The van der Waals surface area contributed by atoms with Crippen LogP contribution in [0.25, 0.3) is 11.0 Å². The number of fused-ring (bicyclic) bond motifs is 1. The number of nitrogens with one attached hydrogen (secondary N) is 2. The Morgan fingerprint density at radius 1 is 1.17 bits per heavy atom. The molecule has 1 aliphatic rings. The van der Waals surface area contributed by atoms with E-state index in [0.717, 1.165) is 42.5 Å². The lowest BCUT2D eigenvalue weighted by Crippen LogP contribution is -2.40. The Balaban J connectivity index is 1.48. The highest BCUT2D eigenvalue weighted by atomic mass is 16.2. The number of para-hydroxylation sites is 2. The van der Waals surface area contributed by atoms with Crippen LogP contribution in [0.2, 0.25) is 0 Å². The van der Waals surface area contributed by atoms with Crippen molar-refractivity contribution in [2.75, 3.05) is 6.54 Å². The molecule has 128 valence electrons. The first-order valence-corrected chi connectivity index (χ1v) is 8.60. The minimum absolute atomic E-state index is 0.00702. The highest BCUT2D eigenvalue weighted by Crippen LogP contribution is 2.23. The first kappa shape index (κ1) is 16.5. The first-order valence-electron chi connectivity index (χ1n) is 8.60. The van der Waals surface area contributed by atoms with Gasteiger partial charge in [0.2, 0.25) is 11.8 Å². The van der Waals surface area contributed by atoms with Crippen LogP contribution in [0.3, 0.4) is 0 Å². The lowest BCUT2D eigenvalue weighted by Gasteiger charge is -2.20. The fourth-order valence-electron chi connectivity index (χ4n) is 3.27. The molecule has 6 heteroatoms. The van der Waals surface area contributed by atoms with Gasteiger partial charge in [-0.15, -0.1) is 0 Å². The van der Waals surface area contributed by atoms with E-state index in [4.69, 9.17) is 0 Å². The molecule has 0 radical (unpaired) electrons. The van der Waals surface area contributed by atoms with E-state index in [-0.39, 0.29) is 24.3 Å². The lowest BCUT2D eigenvalue weighted by atomic mass is 9.89. The maximum absolute atomic E-state index is 12.0. The summed E-state index contributed by atoms with van der Waals surface area (Å²) in [5.74, 6) is 0.688. The summed E-state index contributed by atoms with van der Waals surface area (Å²) in [5, 5.41) is 5.57. The zero-order valence-corrected chi connectivity index (χ0v) is 14.0. The van der Waals surface area contributed by atoms with E-state index >= 15 is 0 Å². The Hall–Kier alpha value is -2.37. The minimum Gasteiger partial charge on any atom is -0.347 e. The minimum atomic E-state index is -0.189. The van der Waals surface area contributed by atoms with Crippen molar-refractivity contribution in [3.63, 3.8) is 0 Å². The van der Waals surface area contributed by atoms with E-state index in [2.05, 4.69) is 15.6 Å². The van der Waals surface area contributed by atoms with Crippen molar-refractivity contribution < 1.29 is 9.59 Å². The first-order chi connectivity index (χ1) is 11.6. The van der Waals surface area contributed by atoms with Crippen LogP contribution in [-0.4, -0.2) is 27.9 Å². The molecule has 0 atom stereocenters. The average Bonchev–Trinajstić information content (AvgIpc) is 2.95. The topological polar surface area (TPSA) is 76.0 Å². The van der Waals surface area contributed by atoms with E-state index < -0.39 is 0 Å². The van der Waals surface area contributed by atoms with E-state index in [9.17, 15) is 9.59 Å². The van der Waals surface area contributed by atoms with Crippen molar-refractivity contribution in [1.82, 2.24) is 20.2 Å². The predicted octanol–water partition coefficient (Wildman–Crippen LogP) is 1.89. The number of nitrogens with zero attached hydrogens (tertiary/aromatic N) is 2.